The number of carbonyl (C=O) groups is 1. The topological polar surface area (TPSA) is 48.0 Å². The number of ether oxygens (including phenoxy) is 1. The molecule has 5 nitrogen and oxygen atoms in total. The van der Waals surface area contributed by atoms with Crippen molar-refractivity contribution in [2.24, 2.45) is 0 Å². The normalized spacial score (nSPS) is 13.2. The number of benzene rings is 2. The molecule has 0 saturated carbocycles. The van der Waals surface area contributed by atoms with Gasteiger partial charge in [-0.3, -0.25) is 4.79 Å². The molecule has 4 rings (SSSR count). The summed E-state index contributed by atoms with van der Waals surface area (Å²) in [5.74, 6) is 3.31. The van der Waals surface area contributed by atoms with Gasteiger partial charge in [0.2, 0.25) is 5.82 Å². The Kier molecular flexibility index (Phi) is 8.71. The Bertz CT molecular complexity index is 1110. The Balaban J connectivity index is 0.00000306. The van der Waals surface area contributed by atoms with Gasteiger partial charge in [-0.1, -0.05) is 37.6 Å². The van der Waals surface area contributed by atoms with Crippen molar-refractivity contribution in [2.45, 2.75) is 72.1 Å². The molecule has 0 radical (unpaired) electrons. The molecule has 0 amide bonds. The van der Waals surface area contributed by atoms with Gasteiger partial charge in [0, 0.05) is 22.1 Å². The van der Waals surface area contributed by atoms with Crippen molar-refractivity contribution in [2.75, 3.05) is 0 Å². The number of hydrogen-bond acceptors (Lipinski definition) is 3. The number of hydrogen-bond donors (Lipinski definition) is 0. The van der Waals surface area contributed by atoms with Crippen molar-refractivity contribution in [1.82, 2.24) is 9.78 Å². The first-order valence-corrected chi connectivity index (χ1v) is 11.8. The monoisotopic (exact) mass is 531 g/mol. The molecule has 0 aliphatic carbocycles. The van der Waals surface area contributed by atoms with Gasteiger partial charge >= 0.3 is 5.82 Å². The number of rotatable bonds is 7. The predicted octanol–water partition coefficient (Wildman–Crippen LogP) is 2.45. The third-order valence-electron chi connectivity index (χ3n) is 6.05. The summed E-state index contributed by atoms with van der Waals surface area (Å²) in [6.45, 7) is 7.95. The van der Waals surface area contributed by atoms with Gasteiger partial charge in [0.05, 0.1) is 6.54 Å². The maximum Gasteiger partial charge on any atom is 0.315 e. The Morgan fingerprint density at radius 1 is 1.15 bits per heavy atom. The fourth-order valence-electron chi connectivity index (χ4n) is 4.27. The van der Waals surface area contributed by atoms with Crippen LogP contribution in [0.25, 0.3) is 0 Å². The van der Waals surface area contributed by atoms with Crippen LogP contribution in [0.3, 0.4) is 0 Å². The maximum atomic E-state index is 12.9. The summed E-state index contributed by atoms with van der Waals surface area (Å²) < 4.78 is 10.4. The van der Waals surface area contributed by atoms with E-state index in [1.165, 1.54) is 17.5 Å². The quantitative estimate of drug-likeness (QED) is 0.347. The number of aromatic nitrogens is 3. The van der Waals surface area contributed by atoms with Crippen LogP contribution in [-0.4, -0.2) is 15.6 Å². The first kappa shape index (κ1) is 25.4. The van der Waals surface area contributed by atoms with Crippen LogP contribution < -0.4 is 26.3 Å². The van der Waals surface area contributed by atoms with Crippen molar-refractivity contribution in [3.8, 4) is 5.75 Å². The summed E-state index contributed by atoms with van der Waals surface area (Å²) in [7, 11) is 0. The zero-order chi connectivity index (χ0) is 22.7. The number of fused-ring (bicyclic) bond motifs is 1. The lowest BCUT2D eigenvalue weighted by Gasteiger charge is -2.13. The highest BCUT2D eigenvalue weighted by Gasteiger charge is 2.29. The van der Waals surface area contributed by atoms with Crippen LogP contribution >= 0.6 is 11.6 Å². The van der Waals surface area contributed by atoms with E-state index in [2.05, 4.69) is 43.5 Å². The standard InChI is InChI=1S/C26H31ClN3O2.BrH/c1-18(2)22-13-8-19(3)15-24(22)32-17-25-28-30(26-7-5-4-6-14-29(25)26)16-23(31)20-9-11-21(27)12-10-20;/h8-13,15,18H,4-7,14,16-17H2,1-3H3;1H/q+1;/p-1. The maximum absolute atomic E-state index is 12.9. The second kappa shape index (κ2) is 11.3. The molecule has 0 bridgehead atoms. The summed E-state index contributed by atoms with van der Waals surface area (Å²) in [4.78, 5) is 12.9. The third kappa shape index (κ3) is 6.04. The summed E-state index contributed by atoms with van der Waals surface area (Å²) in [5.41, 5.74) is 3.02. The minimum absolute atomic E-state index is 0. The van der Waals surface area contributed by atoms with Crippen molar-refractivity contribution in [3.05, 3.63) is 75.8 Å². The number of halogens is 2. The Labute approximate surface area is 211 Å². The lowest BCUT2D eigenvalue weighted by molar-refractivity contribution is -0.712. The van der Waals surface area contributed by atoms with Gasteiger partial charge in [-0.15, -0.1) is 4.68 Å². The Morgan fingerprint density at radius 3 is 2.64 bits per heavy atom. The second-order valence-electron chi connectivity index (χ2n) is 8.87. The van der Waals surface area contributed by atoms with E-state index in [0.29, 0.717) is 23.1 Å². The molecule has 2 heterocycles. The van der Waals surface area contributed by atoms with Crippen molar-refractivity contribution in [3.63, 3.8) is 0 Å². The molecule has 176 valence electrons. The fourth-order valence-corrected chi connectivity index (χ4v) is 4.40. The third-order valence-corrected chi connectivity index (χ3v) is 6.30. The van der Waals surface area contributed by atoms with E-state index < -0.39 is 0 Å². The molecule has 1 aromatic heterocycles. The van der Waals surface area contributed by atoms with Crippen molar-refractivity contribution < 1.29 is 31.1 Å². The molecule has 2 aromatic carbocycles. The summed E-state index contributed by atoms with van der Waals surface area (Å²) in [6, 6.07) is 13.4. The molecule has 1 aliphatic heterocycles. The van der Waals surface area contributed by atoms with E-state index in [4.69, 9.17) is 21.4 Å². The molecule has 0 fully saturated rings. The van der Waals surface area contributed by atoms with Gasteiger partial charge in [0.1, 0.15) is 5.75 Å². The lowest BCUT2D eigenvalue weighted by Crippen LogP contribution is -3.00. The van der Waals surface area contributed by atoms with Crippen LogP contribution in [-0.2, 0) is 26.1 Å². The number of carbonyl (C=O) groups excluding carboxylic acids is 1. The second-order valence-corrected chi connectivity index (χ2v) is 9.30. The largest absolute Gasteiger partial charge is 1.00 e. The van der Waals surface area contributed by atoms with Gasteiger partial charge in [0.25, 0.3) is 0 Å². The zero-order valence-electron chi connectivity index (χ0n) is 19.5. The van der Waals surface area contributed by atoms with E-state index in [-0.39, 0.29) is 29.3 Å². The van der Waals surface area contributed by atoms with E-state index in [9.17, 15) is 4.79 Å². The van der Waals surface area contributed by atoms with E-state index in [0.717, 1.165) is 43.2 Å². The molecule has 33 heavy (non-hydrogen) atoms. The molecule has 0 atom stereocenters. The van der Waals surface area contributed by atoms with Crippen molar-refractivity contribution in [1.29, 1.82) is 0 Å². The molecule has 7 heteroatoms. The molecular formula is C26H31BrClN3O2. The molecular weight excluding hydrogens is 502 g/mol. The van der Waals surface area contributed by atoms with Crippen LogP contribution in [0.15, 0.2) is 42.5 Å². The van der Waals surface area contributed by atoms with Gasteiger partial charge in [-0.25, -0.2) is 4.57 Å². The minimum atomic E-state index is 0. The van der Waals surface area contributed by atoms with Crippen molar-refractivity contribution >= 4 is 17.4 Å². The first-order chi connectivity index (χ1) is 15.4. The highest BCUT2D eigenvalue weighted by Crippen LogP contribution is 2.28. The molecule has 0 saturated heterocycles. The molecule has 0 unspecified atom stereocenters. The van der Waals surface area contributed by atoms with Gasteiger partial charge < -0.3 is 21.7 Å². The van der Waals surface area contributed by atoms with Crippen LogP contribution in [0, 0.1) is 6.92 Å². The average molecular weight is 533 g/mol. The summed E-state index contributed by atoms with van der Waals surface area (Å²) in [5, 5.41) is 5.46. The van der Waals surface area contributed by atoms with E-state index in [1.54, 1.807) is 24.3 Å². The number of ketones is 1. The van der Waals surface area contributed by atoms with Gasteiger partial charge in [0.15, 0.2) is 18.9 Å². The average Bonchev–Trinajstić information content (AvgIpc) is 2.92. The Hall–Kier alpha value is -2.18. The first-order valence-electron chi connectivity index (χ1n) is 11.4. The van der Waals surface area contributed by atoms with E-state index in [1.807, 2.05) is 4.68 Å². The number of Topliss-reactive ketones (excluding diaryl/α,β-unsaturated/α-hetero) is 1. The Morgan fingerprint density at radius 2 is 1.91 bits per heavy atom. The molecule has 0 N–H and O–H groups in total. The SMILES string of the molecule is Cc1ccc(C(C)C)c(OCc2nn(CC(=O)c3ccc(Cl)cc3)c3[n+]2CCCCC3)c1.[Br-]. The van der Waals surface area contributed by atoms with Gasteiger partial charge in [-0.2, -0.15) is 0 Å². The van der Waals surface area contributed by atoms with Crippen LogP contribution in [0.5, 0.6) is 5.75 Å². The van der Waals surface area contributed by atoms with Crippen LogP contribution in [0.2, 0.25) is 5.02 Å². The molecule has 1 aliphatic rings. The number of aryl methyl sites for hydroxylation is 1. The lowest BCUT2D eigenvalue weighted by atomic mass is 10.0. The zero-order valence-corrected chi connectivity index (χ0v) is 21.8. The van der Waals surface area contributed by atoms with Crippen LogP contribution in [0.4, 0.5) is 0 Å². The van der Waals surface area contributed by atoms with Crippen LogP contribution in [0.1, 0.15) is 72.2 Å². The highest BCUT2D eigenvalue weighted by atomic mass is 79.9. The van der Waals surface area contributed by atoms with E-state index >= 15 is 0 Å². The fraction of sp³-hybridized carbons (Fsp3) is 0.423. The highest BCUT2D eigenvalue weighted by molar-refractivity contribution is 6.30. The minimum Gasteiger partial charge on any atom is -1.00 e. The summed E-state index contributed by atoms with van der Waals surface area (Å²) in [6.07, 6.45) is 4.32. The number of nitrogens with zero attached hydrogens (tertiary/aromatic N) is 3. The molecule has 0 spiro atoms. The van der Waals surface area contributed by atoms with Gasteiger partial charge in [-0.05, 0) is 73.6 Å². The smallest absolute Gasteiger partial charge is 0.315 e. The summed E-state index contributed by atoms with van der Waals surface area (Å²) >= 11 is 5.97. The predicted molar refractivity (Wildman–Crippen MR) is 125 cm³/mol. The molecule has 3 aromatic rings.